The van der Waals surface area contributed by atoms with Gasteiger partial charge in [-0.15, -0.1) is 0 Å². The second kappa shape index (κ2) is 9.67. The maximum absolute atomic E-state index is 13.9. The van der Waals surface area contributed by atoms with Crippen LogP contribution in [0.5, 0.6) is 5.75 Å². The second-order valence-corrected chi connectivity index (χ2v) is 10.2. The van der Waals surface area contributed by atoms with E-state index in [1.807, 2.05) is 44.2 Å². The van der Waals surface area contributed by atoms with Crippen molar-refractivity contribution in [3.63, 3.8) is 0 Å². The molecule has 0 amide bonds. The van der Waals surface area contributed by atoms with E-state index in [1.165, 1.54) is 8.61 Å². The van der Waals surface area contributed by atoms with Gasteiger partial charge in [-0.25, -0.2) is 0 Å². The molecule has 0 radical (unpaired) electrons. The van der Waals surface area contributed by atoms with Crippen LogP contribution in [-0.2, 0) is 23.3 Å². The SMILES string of the molecule is COc1ccc(CN2[C@H](C)[C@@H](O)[C@@H](O)[C@H](C(C)C)N(Cc3ccccc3)S2(=O)=O)cc1. The summed E-state index contributed by atoms with van der Waals surface area (Å²) in [7, 11) is -2.44. The van der Waals surface area contributed by atoms with E-state index in [0.717, 1.165) is 11.1 Å². The molecule has 2 aromatic rings. The van der Waals surface area contributed by atoms with E-state index in [2.05, 4.69) is 0 Å². The van der Waals surface area contributed by atoms with Crippen molar-refractivity contribution >= 4 is 10.2 Å². The van der Waals surface area contributed by atoms with E-state index in [9.17, 15) is 18.6 Å². The smallest absolute Gasteiger partial charge is 0.283 e. The largest absolute Gasteiger partial charge is 0.497 e. The summed E-state index contributed by atoms with van der Waals surface area (Å²) in [5.74, 6) is 0.479. The van der Waals surface area contributed by atoms with E-state index in [0.29, 0.717) is 5.75 Å². The quantitative estimate of drug-likeness (QED) is 0.708. The fraction of sp³-hybridized carbons (Fsp3) is 0.478. The Hall–Kier alpha value is -1.97. The Bertz CT molecular complexity index is 950. The number of methoxy groups -OCH3 is 1. The summed E-state index contributed by atoms with van der Waals surface area (Å²) < 4.78 is 35.6. The van der Waals surface area contributed by atoms with E-state index in [1.54, 1.807) is 38.3 Å². The fourth-order valence-corrected chi connectivity index (χ4v) is 6.25. The zero-order chi connectivity index (χ0) is 22.8. The predicted molar refractivity (Wildman–Crippen MR) is 120 cm³/mol. The molecule has 0 bridgehead atoms. The van der Waals surface area contributed by atoms with Gasteiger partial charge >= 0.3 is 0 Å². The third kappa shape index (κ3) is 4.94. The minimum atomic E-state index is -4.01. The molecule has 31 heavy (non-hydrogen) atoms. The van der Waals surface area contributed by atoms with Crippen LogP contribution in [0.4, 0.5) is 0 Å². The number of rotatable bonds is 6. The molecule has 1 fully saturated rings. The summed E-state index contributed by atoms with van der Waals surface area (Å²) in [6, 6.07) is 14.9. The number of benzene rings is 2. The summed E-state index contributed by atoms with van der Waals surface area (Å²) in [4.78, 5) is 0. The van der Waals surface area contributed by atoms with Crippen LogP contribution in [0.15, 0.2) is 54.6 Å². The highest BCUT2D eigenvalue weighted by molar-refractivity contribution is 7.86. The molecule has 0 unspecified atom stereocenters. The van der Waals surface area contributed by atoms with Gasteiger partial charge in [0.05, 0.1) is 31.4 Å². The predicted octanol–water partition coefficient (Wildman–Crippen LogP) is 2.39. The van der Waals surface area contributed by atoms with Crippen LogP contribution in [0.3, 0.4) is 0 Å². The molecule has 1 heterocycles. The van der Waals surface area contributed by atoms with E-state index >= 15 is 0 Å². The molecule has 0 aliphatic carbocycles. The minimum Gasteiger partial charge on any atom is -0.497 e. The van der Waals surface area contributed by atoms with Gasteiger partial charge in [0.15, 0.2) is 0 Å². The van der Waals surface area contributed by atoms with Crippen molar-refractivity contribution < 1.29 is 23.4 Å². The van der Waals surface area contributed by atoms with Crippen LogP contribution in [-0.4, -0.2) is 58.6 Å². The average Bonchev–Trinajstić information content (AvgIpc) is 2.80. The van der Waals surface area contributed by atoms with Crippen molar-refractivity contribution in [2.24, 2.45) is 5.92 Å². The number of hydrogen-bond donors (Lipinski definition) is 2. The zero-order valence-corrected chi connectivity index (χ0v) is 19.2. The molecule has 1 aliphatic heterocycles. The van der Waals surface area contributed by atoms with Gasteiger partial charge in [-0.3, -0.25) is 0 Å². The van der Waals surface area contributed by atoms with Gasteiger partial charge in [0.1, 0.15) is 5.75 Å². The summed E-state index contributed by atoms with van der Waals surface area (Å²) in [5, 5.41) is 21.9. The van der Waals surface area contributed by atoms with Crippen molar-refractivity contribution in [1.29, 1.82) is 0 Å². The van der Waals surface area contributed by atoms with Crippen molar-refractivity contribution in [1.82, 2.24) is 8.61 Å². The van der Waals surface area contributed by atoms with Crippen LogP contribution in [0.1, 0.15) is 31.9 Å². The normalized spacial score (nSPS) is 27.2. The van der Waals surface area contributed by atoms with E-state index < -0.39 is 34.5 Å². The Morgan fingerprint density at radius 2 is 1.45 bits per heavy atom. The molecule has 3 rings (SSSR count). The van der Waals surface area contributed by atoms with Crippen molar-refractivity contribution in [2.45, 2.75) is 58.2 Å². The second-order valence-electron chi connectivity index (χ2n) is 8.39. The molecule has 170 valence electrons. The third-order valence-electron chi connectivity index (χ3n) is 5.94. The van der Waals surface area contributed by atoms with Crippen molar-refractivity contribution in [2.75, 3.05) is 7.11 Å². The highest BCUT2D eigenvalue weighted by Crippen LogP contribution is 2.33. The van der Waals surface area contributed by atoms with Crippen LogP contribution >= 0.6 is 0 Å². The number of nitrogens with zero attached hydrogens (tertiary/aromatic N) is 2. The molecule has 1 saturated heterocycles. The minimum absolute atomic E-state index is 0.0768. The molecular weight excluding hydrogens is 416 g/mol. The number of aliphatic hydroxyl groups is 2. The summed E-state index contributed by atoms with van der Waals surface area (Å²) in [5.41, 5.74) is 1.58. The lowest BCUT2D eigenvalue weighted by Gasteiger charge is -2.36. The monoisotopic (exact) mass is 448 g/mol. The molecule has 2 N–H and O–H groups in total. The number of aliphatic hydroxyl groups excluding tert-OH is 2. The lowest BCUT2D eigenvalue weighted by molar-refractivity contribution is -0.0471. The summed E-state index contributed by atoms with van der Waals surface area (Å²) >= 11 is 0. The van der Waals surface area contributed by atoms with Gasteiger partial charge in [-0.05, 0) is 36.1 Å². The average molecular weight is 449 g/mol. The maximum Gasteiger partial charge on any atom is 0.283 e. The van der Waals surface area contributed by atoms with Gasteiger partial charge < -0.3 is 14.9 Å². The molecule has 8 heteroatoms. The number of hydrogen-bond acceptors (Lipinski definition) is 5. The van der Waals surface area contributed by atoms with Crippen LogP contribution in [0, 0.1) is 5.92 Å². The maximum atomic E-state index is 13.9. The molecule has 0 saturated carbocycles. The fourth-order valence-electron chi connectivity index (χ4n) is 4.14. The standard InChI is InChI=1S/C23H32N2O5S/c1-16(2)21-23(27)22(26)17(3)24(14-19-10-12-20(30-4)13-11-19)31(28,29)25(21)15-18-8-6-5-7-9-18/h5-13,16-17,21-23,26-27H,14-15H2,1-4H3/t17-,21+,22-,23+/m1/s1. The molecular formula is C23H32N2O5S. The molecule has 2 aromatic carbocycles. The Morgan fingerprint density at radius 3 is 2.00 bits per heavy atom. The lowest BCUT2D eigenvalue weighted by atomic mass is 9.91. The van der Waals surface area contributed by atoms with Gasteiger partial charge in [0.2, 0.25) is 0 Å². The van der Waals surface area contributed by atoms with Crippen LogP contribution < -0.4 is 4.74 Å². The molecule has 0 spiro atoms. The molecule has 7 nitrogen and oxygen atoms in total. The zero-order valence-electron chi connectivity index (χ0n) is 18.4. The van der Waals surface area contributed by atoms with Crippen LogP contribution in [0.25, 0.3) is 0 Å². The first kappa shape index (κ1) is 23.7. The van der Waals surface area contributed by atoms with Crippen molar-refractivity contribution in [3.05, 3.63) is 65.7 Å². The van der Waals surface area contributed by atoms with Gasteiger partial charge in [0, 0.05) is 13.1 Å². The topological polar surface area (TPSA) is 90.3 Å². The lowest BCUT2D eigenvalue weighted by Crippen LogP contribution is -2.51. The van der Waals surface area contributed by atoms with Crippen molar-refractivity contribution in [3.8, 4) is 5.75 Å². The van der Waals surface area contributed by atoms with E-state index in [-0.39, 0.29) is 19.0 Å². The molecule has 0 aromatic heterocycles. The van der Waals surface area contributed by atoms with Crippen LogP contribution in [0.2, 0.25) is 0 Å². The Labute approximate surface area is 185 Å². The van der Waals surface area contributed by atoms with Gasteiger partial charge in [0.25, 0.3) is 10.2 Å². The molecule has 4 atom stereocenters. The first-order valence-corrected chi connectivity index (χ1v) is 11.9. The van der Waals surface area contributed by atoms with Gasteiger partial charge in [-0.2, -0.15) is 17.0 Å². The highest BCUT2D eigenvalue weighted by atomic mass is 32.2. The Morgan fingerprint density at radius 1 is 0.903 bits per heavy atom. The Balaban J connectivity index is 2.04. The highest BCUT2D eigenvalue weighted by Gasteiger charge is 2.49. The van der Waals surface area contributed by atoms with E-state index in [4.69, 9.17) is 4.74 Å². The summed E-state index contributed by atoms with van der Waals surface area (Å²) in [6.07, 6.45) is -2.43. The first-order valence-electron chi connectivity index (χ1n) is 10.5. The first-order chi connectivity index (χ1) is 14.7. The molecule has 1 aliphatic rings. The summed E-state index contributed by atoms with van der Waals surface area (Å²) in [6.45, 7) is 5.54. The Kier molecular flexibility index (Phi) is 7.39. The third-order valence-corrected chi connectivity index (χ3v) is 7.95. The van der Waals surface area contributed by atoms with Gasteiger partial charge in [-0.1, -0.05) is 56.3 Å². The number of ether oxygens (including phenoxy) is 1.